The molecule has 5 heteroatoms. The summed E-state index contributed by atoms with van der Waals surface area (Å²) in [6, 6.07) is 1.89. The molecule has 0 spiro atoms. The highest BCUT2D eigenvalue weighted by atomic mass is 16.5. The maximum atomic E-state index is 8.58. The summed E-state index contributed by atoms with van der Waals surface area (Å²) in [6.07, 6.45) is 1.22. The zero-order chi connectivity index (χ0) is 9.54. The van der Waals surface area contributed by atoms with E-state index in [-0.39, 0.29) is 5.82 Å². The Kier molecular flexibility index (Phi) is 1.58. The Morgan fingerprint density at radius 2 is 2.43 bits per heavy atom. The van der Waals surface area contributed by atoms with Crippen molar-refractivity contribution in [1.29, 1.82) is 5.26 Å². The van der Waals surface area contributed by atoms with Crippen molar-refractivity contribution in [3.8, 4) is 6.07 Å². The first kappa shape index (κ1) is 7.94. The Balaban J connectivity index is 1.86. The third-order valence-corrected chi connectivity index (χ3v) is 3.19. The highest BCUT2D eigenvalue weighted by Gasteiger charge is 2.41. The molecule has 5 nitrogen and oxygen atoms in total. The summed E-state index contributed by atoms with van der Waals surface area (Å²) in [7, 11) is 0. The van der Waals surface area contributed by atoms with Crippen molar-refractivity contribution in [1.82, 2.24) is 15.0 Å². The van der Waals surface area contributed by atoms with Crippen LogP contribution in [0.1, 0.15) is 24.1 Å². The van der Waals surface area contributed by atoms with E-state index in [1.165, 1.54) is 13.0 Å². The van der Waals surface area contributed by atoms with Gasteiger partial charge >= 0.3 is 0 Å². The molecule has 2 saturated heterocycles. The quantitative estimate of drug-likeness (QED) is 0.639. The molecule has 1 aromatic heterocycles. The predicted molar refractivity (Wildman–Crippen MR) is 46.3 cm³/mol. The molecule has 1 aromatic rings. The molecule has 3 atom stereocenters. The van der Waals surface area contributed by atoms with Crippen LogP contribution in [0.5, 0.6) is 0 Å². The number of nitriles is 1. The highest BCUT2D eigenvalue weighted by Crippen LogP contribution is 2.38. The van der Waals surface area contributed by atoms with E-state index in [2.05, 4.69) is 15.0 Å². The number of aromatic nitrogens is 2. The molecular weight excluding hydrogens is 180 g/mol. The van der Waals surface area contributed by atoms with Crippen LogP contribution in [-0.2, 0) is 0 Å². The zero-order valence-corrected chi connectivity index (χ0v) is 7.68. The first-order valence-corrected chi connectivity index (χ1v) is 4.83. The van der Waals surface area contributed by atoms with Crippen LogP contribution in [0.15, 0.2) is 4.52 Å². The molecule has 3 unspecified atom stereocenters. The molecule has 2 bridgehead atoms. The first-order chi connectivity index (χ1) is 6.86. The Labute approximate surface area is 81.3 Å². The molecule has 0 aliphatic carbocycles. The van der Waals surface area contributed by atoms with Crippen LogP contribution in [0, 0.1) is 17.2 Å². The number of piperidine rings is 1. The molecule has 0 N–H and O–H groups in total. The van der Waals surface area contributed by atoms with Gasteiger partial charge in [0, 0.05) is 13.1 Å². The molecule has 3 heterocycles. The third kappa shape index (κ3) is 1.04. The van der Waals surface area contributed by atoms with E-state index in [0.29, 0.717) is 17.7 Å². The third-order valence-electron chi connectivity index (χ3n) is 3.19. The van der Waals surface area contributed by atoms with Gasteiger partial charge in [-0.25, -0.2) is 0 Å². The lowest BCUT2D eigenvalue weighted by molar-refractivity contribution is 0.288. The van der Waals surface area contributed by atoms with Gasteiger partial charge < -0.3 is 9.42 Å². The van der Waals surface area contributed by atoms with E-state index in [0.717, 1.165) is 13.1 Å². The summed E-state index contributed by atoms with van der Waals surface area (Å²) in [5.74, 6) is 1.81. The van der Waals surface area contributed by atoms with Gasteiger partial charge in [-0.2, -0.15) is 10.2 Å². The molecule has 0 aromatic carbocycles. The van der Waals surface area contributed by atoms with Crippen LogP contribution in [0.2, 0.25) is 0 Å². The first-order valence-electron chi connectivity index (χ1n) is 4.83. The van der Waals surface area contributed by atoms with E-state index in [1.54, 1.807) is 0 Å². The Hall–Kier alpha value is -1.41. The lowest BCUT2D eigenvalue weighted by Gasteiger charge is -2.17. The maximum absolute atomic E-state index is 8.58. The zero-order valence-electron chi connectivity index (χ0n) is 7.68. The molecule has 3 rings (SSSR count). The minimum Gasteiger partial charge on any atom is -0.338 e. The predicted octanol–water partition coefficient (Wildman–Crippen LogP) is 0.360. The number of nitrogens with zero attached hydrogens (tertiary/aromatic N) is 4. The van der Waals surface area contributed by atoms with Crippen molar-refractivity contribution in [3.63, 3.8) is 0 Å². The van der Waals surface area contributed by atoms with Crippen LogP contribution >= 0.6 is 0 Å². The molecule has 72 valence electrons. The fourth-order valence-corrected chi connectivity index (χ4v) is 2.50. The van der Waals surface area contributed by atoms with Crippen molar-refractivity contribution in [2.45, 2.75) is 12.3 Å². The molecule has 0 amide bonds. The molecular formula is C9H10N4O. The topological polar surface area (TPSA) is 66.0 Å². The van der Waals surface area contributed by atoms with E-state index in [4.69, 9.17) is 9.78 Å². The normalized spacial score (nSPS) is 34.6. The summed E-state index contributed by atoms with van der Waals surface area (Å²) < 4.78 is 5.08. The highest BCUT2D eigenvalue weighted by molar-refractivity contribution is 5.11. The number of hydrogen-bond donors (Lipinski definition) is 0. The molecule has 2 aliphatic rings. The maximum Gasteiger partial charge on any atom is 0.273 e. The fraction of sp³-hybridized carbons (Fsp3) is 0.667. The van der Waals surface area contributed by atoms with Gasteiger partial charge in [-0.3, -0.25) is 0 Å². The standard InChI is InChI=1S/C9H10N4O/c10-3-8-11-9(14-12-8)7-5-13-2-1-6(7)4-13/h6-7H,1-2,4-5H2. The van der Waals surface area contributed by atoms with Gasteiger partial charge in [-0.1, -0.05) is 0 Å². The lowest BCUT2D eigenvalue weighted by atomic mass is 9.93. The average molecular weight is 190 g/mol. The van der Waals surface area contributed by atoms with Gasteiger partial charge in [-0.15, -0.1) is 0 Å². The SMILES string of the molecule is N#Cc1noc(C2CN3CCC2C3)n1. The van der Waals surface area contributed by atoms with Crippen molar-refractivity contribution in [2.24, 2.45) is 5.92 Å². The lowest BCUT2D eigenvalue weighted by Crippen LogP contribution is -2.22. The van der Waals surface area contributed by atoms with Gasteiger partial charge in [0.15, 0.2) is 0 Å². The van der Waals surface area contributed by atoms with Crippen LogP contribution in [-0.4, -0.2) is 34.7 Å². The second kappa shape index (κ2) is 2.79. The number of hydrogen-bond acceptors (Lipinski definition) is 5. The van der Waals surface area contributed by atoms with E-state index < -0.39 is 0 Å². The summed E-state index contributed by atoms with van der Waals surface area (Å²) in [6.45, 7) is 3.35. The van der Waals surface area contributed by atoms with Gasteiger partial charge in [0.1, 0.15) is 6.07 Å². The molecule has 0 saturated carbocycles. The van der Waals surface area contributed by atoms with Gasteiger partial charge in [0.25, 0.3) is 5.82 Å². The van der Waals surface area contributed by atoms with Crippen molar-refractivity contribution in [2.75, 3.05) is 19.6 Å². The Morgan fingerprint density at radius 3 is 3.00 bits per heavy atom. The number of fused-ring (bicyclic) bond motifs is 2. The second-order valence-electron chi connectivity index (χ2n) is 3.98. The van der Waals surface area contributed by atoms with Crippen LogP contribution in [0.25, 0.3) is 0 Å². The molecule has 2 aliphatic heterocycles. The summed E-state index contributed by atoms with van der Waals surface area (Å²) in [4.78, 5) is 6.47. The second-order valence-corrected chi connectivity index (χ2v) is 3.98. The molecule has 2 fully saturated rings. The van der Waals surface area contributed by atoms with Gasteiger partial charge in [0.05, 0.1) is 5.92 Å². The fourth-order valence-electron chi connectivity index (χ4n) is 2.50. The van der Waals surface area contributed by atoms with E-state index in [9.17, 15) is 0 Å². The summed E-state index contributed by atoms with van der Waals surface area (Å²) >= 11 is 0. The minimum absolute atomic E-state index is 0.151. The Bertz CT molecular complexity index is 394. The summed E-state index contributed by atoms with van der Waals surface area (Å²) in [5, 5.41) is 12.2. The average Bonchev–Trinajstić information content (AvgIpc) is 2.93. The van der Waals surface area contributed by atoms with Crippen LogP contribution in [0.3, 0.4) is 0 Å². The van der Waals surface area contributed by atoms with Gasteiger partial charge in [0.2, 0.25) is 5.89 Å². The smallest absolute Gasteiger partial charge is 0.273 e. The van der Waals surface area contributed by atoms with Crippen molar-refractivity contribution in [3.05, 3.63) is 11.7 Å². The minimum atomic E-state index is 0.151. The van der Waals surface area contributed by atoms with E-state index in [1.807, 2.05) is 6.07 Å². The molecule has 0 radical (unpaired) electrons. The van der Waals surface area contributed by atoms with Crippen LogP contribution in [0.4, 0.5) is 0 Å². The summed E-state index contributed by atoms with van der Waals surface area (Å²) in [5.41, 5.74) is 0. The number of rotatable bonds is 1. The van der Waals surface area contributed by atoms with Crippen molar-refractivity contribution < 1.29 is 4.52 Å². The molecule has 14 heavy (non-hydrogen) atoms. The van der Waals surface area contributed by atoms with E-state index >= 15 is 0 Å². The van der Waals surface area contributed by atoms with Crippen molar-refractivity contribution >= 4 is 0 Å². The monoisotopic (exact) mass is 190 g/mol. The van der Waals surface area contributed by atoms with Gasteiger partial charge in [-0.05, 0) is 24.0 Å². The van der Waals surface area contributed by atoms with Crippen LogP contribution < -0.4 is 0 Å². The Morgan fingerprint density at radius 1 is 1.50 bits per heavy atom. The largest absolute Gasteiger partial charge is 0.338 e.